The van der Waals surface area contributed by atoms with E-state index < -0.39 is 0 Å². The average molecular weight is 228 g/mol. The van der Waals surface area contributed by atoms with E-state index in [9.17, 15) is 0 Å². The largest absolute Gasteiger partial charge is 0.493 e. The van der Waals surface area contributed by atoms with Crippen molar-refractivity contribution in [3.8, 4) is 5.75 Å². The molecule has 2 aromatic rings. The first-order valence-corrected chi connectivity index (χ1v) is 5.93. The van der Waals surface area contributed by atoms with Gasteiger partial charge in [-0.25, -0.2) is 0 Å². The van der Waals surface area contributed by atoms with Crippen LogP contribution in [0.1, 0.15) is 11.3 Å². The molecule has 0 amide bonds. The third-order valence-corrected chi connectivity index (χ3v) is 3.21. The van der Waals surface area contributed by atoms with Crippen LogP contribution in [0.3, 0.4) is 0 Å². The molecule has 0 saturated heterocycles. The fraction of sp³-hybridized carbons (Fsp3) is 0.286. The number of ether oxygens (including phenoxy) is 1. The molecule has 0 fully saturated rings. The molecule has 17 heavy (non-hydrogen) atoms. The van der Waals surface area contributed by atoms with E-state index in [1.807, 2.05) is 0 Å². The van der Waals surface area contributed by atoms with Crippen molar-refractivity contribution in [1.82, 2.24) is 4.57 Å². The maximum Gasteiger partial charge on any atom is 0.122 e. The number of fused-ring (bicyclic) bond motifs is 1. The van der Waals surface area contributed by atoms with Gasteiger partial charge in [0.25, 0.3) is 0 Å². The molecule has 88 valence electrons. The molecule has 3 rings (SSSR count). The number of hydrogen-bond acceptors (Lipinski definition) is 2. The van der Waals surface area contributed by atoms with Crippen molar-refractivity contribution < 1.29 is 4.74 Å². The van der Waals surface area contributed by atoms with E-state index in [-0.39, 0.29) is 0 Å². The monoisotopic (exact) mass is 228 g/mol. The van der Waals surface area contributed by atoms with Crippen LogP contribution in [-0.2, 0) is 20.0 Å². The van der Waals surface area contributed by atoms with Gasteiger partial charge in [-0.2, -0.15) is 0 Å². The van der Waals surface area contributed by atoms with Crippen LogP contribution >= 0.6 is 0 Å². The van der Waals surface area contributed by atoms with E-state index >= 15 is 0 Å². The van der Waals surface area contributed by atoms with Gasteiger partial charge in [-0.05, 0) is 35.9 Å². The van der Waals surface area contributed by atoms with E-state index in [1.165, 1.54) is 11.3 Å². The molecule has 0 spiro atoms. The number of aromatic nitrogens is 1. The van der Waals surface area contributed by atoms with Crippen molar-refractivity contribution in [2.24, 2.45) is 7.05 Å². The summed E-state index contributed by atoms with van der Waals surface area (Å²) in [5.74, 6) is 1.04. The summed E-state index contributed by atoms with van der Waals surface area (Å²) < 4.78 is 7.62. The highest BCUT2D eigenvalue weighted by molar-refractivity contribution is 5.52. The van der Waals surface area contributed by atoms with Gasteiger partial charge in [0.05, 0.1) is 13.2 Å². The molecule has 1 N–H and O–H groups in total. The van der Waals surface area contributed by atoms with Crippen LogP contribution in [0.4, 0.5) is 5.69 Å². The average Bonchev–Trinajstić information content (AvgIpc) is 2.94. The van der Waals surface area contributed by atoms with Crippen LogP contribution in [0.5, 0.6) is 5.75 Å². The maximum absolute atomic E-state index is 5.49. The Morgan fingerprint density at radius 1 is 1.35 bits per heavy atom. The van der Waals surface area contributed by atoms with Crippen molar-refractivity contribution in [1.29, 1.82) is 0 Å². The third kappa shape index (κ3) is 2.00. The summed E-state index contributed by atoms with van der Waals surface area (Å²) in [6.07, 6.45) is 3.09. The number of rotatable bonds is 3. The predicted molar refractivity (Wildman–Crippen MR) is 68.4 cm³/mol. The first-order valence-electron chi connectivity index (χ1n) is 5.93. The lowest BCUT2D eigenvalue weighted by atomic mass is 10.1. The minimum absolute atomic E-state index is 0.816. The summed E-state index contributed by atoms with van der Waals surface area (Å²) in [4.78, 5) is 0. The summed E-state index contributed by atoms with van der Waals surface area (Å²) in [7, 11) is 2.06. The van der Waals surface area contributed by atoms with E-state index in [0.717, 1.165) is 31.0 Å². The molecule has 3 heteroatoms. The molecule has 1 aromatic carbocycles. The second-order valence-electron chi connectivity index (χ2n) is 4.38. The molecule has 0 unspecified atom stereocenters. The highest BCUT2D eigenvalue weighted by Gasteiger charge is 2.11. The number of anilines is 1. The third-order valence-electron chi connectivity index (χ3n) is 3.21. The molecule has 3 nitrogen and oxygen atoms in total. The maximum atomic E-state index is 5.49. The van der Waals surface area contributed by atoms with Crippen molar-refractivity contribution >= 4 is 5.69 Å². The molecular formula is C14H16N2O. The summed E-state index contributed by atoms with van der Waals surface area (Å²) in [5, 5.41) is 3.44. The minimum atomic E-state index is 0.816. The van der Waals surface area contributed by atoms with Gasteiger partial charge in [0.15, 0.2) is 0 Å². The van der Waals surface area contributed by atoms with Gasteiger partial charge in [0, 0.05) is 31.0 Å². The Morgan fingerprint density at radius 2 is 2.29 bits per heavy atom. The van der Waals surface area contributed by atoms with Crippen LogP contribution in [0.2, 0.25) is 0 Å². The van der Waals surface area contributed by atoms with Gasteiger partial charge in [0.1, 0.15) is 5.75 Å². The lowest BCUT2D eigenvalue weighted by molar-refractivity contribution is 0.357. The Morgan fingerprint density at radius 3 is 3.12 bits per heavy atom. The highest BCUT2D eigenvalue weighted by atomic mass is 16.5. The zero-order valence-electron chi connectivity index (χ0n) is 9.94. The second-order valence-corrected chi connectivity index (χ2v) is 4.38. The number of aryl methyl sites for hydroxylation is 1. The molecule has 2 heterocycles. The van der Waals surface area contributed by atoms with Gasteiger partial charge < -0.3 is 14.6 Å². The van der Waals surface area contributed by atoms with Gasteiger partial charge in [-0.1, -0.05) is 0 Å². The van der Waals surface area contributed by atoms with Crippen molar-refractivity contribution in [3.05, 3.63) is 47.8 Å². The summed E-state index contributed by atoms with van der Waals surface area (Å²) in [6.45, 7) is 1.67. The summed E-state index contributed by atoms with van der Waals surface area (Å²) in [6, 6.07) is 10.5. The van der Waals surface area contributed by atoms with Crippen molar-refractivity contribution in [2.75, 3.05) is 11.9 Å². The quantitative estimate of drug-likeness (QED) is 0.873. The number of benzene rings is 1. The molecule has 0 saturated carbocycles. The van der Waals surface area contributed by atoms with E-state index in [0.29, 0.717) is 0 Å². The van der Waals surface area contributed by atoms with Crippen molar-refractivity contribution in [2.45, 2.75) is 13.0 Å². The predicted octanol–water partition coefficient (Wildman–Crippen LogP) is 2.57. The van der Waals surface area contributed by atoms with E-state index in [2.05, 4.69) is 53.5 Å². The number of nitrogens with zero attached hydrogens (tertiary/aromatic N) is 1. The lowest BCUT2D eigenvalue weighted by Crippen LogP contribution is -2.03. The fourth-order valence-electron chi connectivity index (χ4n) is 2.17. The van der Waals surface area contributed by atoms with Gasteiger partial charge in [-0.15, -0.1) is 0 Å². The number of hydrogen-bond donors (Lipinski definition) is 1. The Bertz CT molecular complexity index is 531. The molecule has 1 aliphatic rings. The van der Waals surface area contributed by atoms with Gasteiger partial charge >= 0.3 is 0 Å². The molecule has 0 atom stereocenters. The Labute approximate surface area is 101 Å². The molecule has 0 radical (unpaired) electrons. The molecule has 0 bridgehead atoms. The Balaban J connectivity index is 1.72. The zero-order chi connectivity index (χ0) is 11.7. The molecule has 0 aliphatic carbocycles. The van der Waals surface area contributed by atoms with Gasteiger partial charge in [0.2, 0.25) is 0 Å². The smallest absolute Gasteiger partial charge is 0.122 e. The SMILES string of the molecule is Cn1cccc1CNc1ccc2c(c1)CCO2. The fourth-order valence-corrected chi connectivity index (χ4v) is 2.17. The number of nitrogens with one attached hydrogen (secondary N) is 1. The first kappa shape index (κ1) is 10.3. The normalized spacial score (nSPS) is 13.2. The van der Waals surface area contributed by atoms with Crippen LogP contribution in [-0.4, -0.2) is 11.2 Å². The summed E-state index contributed by atoms with van der Waals surface area (Å²) in [5.41, 5.74) is 3.75. The Kier molecular flexibility index (Phi) is 2.52. The standard InChI is InChI=1S/C14H16N2O/c1-16-7-2-3-13(16)10-15-12-4-5-14-11(9-12)6-8-17-14/h2-5,7,9,15H,6,8,10H2,1H3. The minimum Gasteiger partial charge on any atom is -0.493 e. The molecule has 1 aromatic heterocycles. The zero-order valence-corrected chi connectivity index (χ0v) is 9.94. The molecular weight excluding hydrogens is 212 g/mol. The van der Waals surface area contributed by atoms with Crippen LogP contribution in [0.25, 0.3) is 0 Å². The lowest BCUT2D eigenvalue weighted by Gasteiger charge is -2.08. The van der Waals surface area contributed by atoms with E-state index in [1.54, 1.807) is 0 Å². The first-order chi connectivity index (χ1) is 8.33. The second kappa shape index (κ2) is 4.17. The van der Waals surface area contributed by atoms with Crippen LogP contribution in [0, 0.1) is 0 Å². The highest BCUT2D eigenvalue weighted by Crippen LogP contribution is 2.27. The Hall–Kier alpha value is -1.90. The van der Waals surface area contributed by atoms with Crippen molar-refractivity contribution in [3.63, 3.8) is 0 Å². The summed E-state index contributed by atoms with van der Waals surface area (Å²) >= 11 is 0. The van der Waals surface area contributed by atoms with Gasteiger partial charge in [-0.3, -0.25) is 0 Å². The van der Waals surface area contributed by atoms with Crippen LogP contribution < -0.4 is 10.1 Å². The topological polar surface area (TPSA) is 26.2 Å². The molecule has 1 aliphatic heterocycles. The van der Waals surface area contributed by atoms with Crippen LogP contribution in [0.15, 0.2) is 36.5 Å². The van der Waals surface area contributed by atoms with E-state index in [4.69, 9.17) is 4.74 Å².